The maximum absolute atomic E-state index is 4.51. The van der Waals surface area contributed by atoms with E-state index in [1.165, 1.54) is 0 Å². The maximum atomic E-state index is 4.51. The van der Waals surface area contributed by atoms with Gasteiger partial charge in [-0.1, -0.05) is 46.3 Å². The van der Waals surface area contributed by atoms with Gasteiger partial charge in [0.1, 0.15) is 0 Å². The van der Waals surface area contributed by atoms with Crippen molar-refractivity contribution in [3.05, 3.63) is 70.7 Å². The smallest absolute Gasteiger partial charge is 0.0926 e. The van der Waals surface area contributed by atoms with Gasteiger partial charge in [-0.2, -0.15) is 0 Å². The molecule has 1 aliphatic rings. The van der Waals surface area contributed by atoms with E-state index in [1.54, 1.807) is 11.8 Å². The second-order valence-corrected chi connectivity index (χ2v) is 6.66. The van der Waals surface area contributed by atoms with Crippen molar-refractivity contribution in [1.29, 1.82) is 0 Å². The Balaban J connectivity index is 1.90. The summed E-state index contributed by atoms with van der Waals surface area (Å²) in [6.45, 7) is 0.914. The molecule has 0 unspecified atom stereocenters. The SMILES string of the molecule is Brc1ccc(N/C(=C\C2=NCCS2)c2ccccc2)cc1. The van der Waals surface area contributed by atoms with E-state index in [0.717, 1.165) is 38.8 Å². The van der Waals surface area contributed by atoms with Crippen molar-refractivity contribution in [1.82, 2.24) is 0 Å². The number of anilines is 1. The highest BCUT2D eigenvalue weighted by Gasteiger charge is 2.08. The van der Waals surface area contributed by atoms with Gasteiger partial charge in [0.2, 0.25) is 0 Å². The Morgan fingerprint density at radius 2 is 1.86 bits per heavy atom. The van der Waals surface area contributed by atoms with E-state index < -0.39 is 0 Å². The molecule has 0 radical (unpaired) electrons. The summed E-state index contributed by atoms with van der Waals surface area (Å²) in [5, 5.41) is 4.59. The molecule has 1 heterocycles. The van der Waals surface area contributed by atoms with Crippen molar-refractivity contribution in [3.63, 3.8) is 0 Å². The van der Waals surface area contributed by atoms with Crippen molar-refractivity contribution in [2.75, 3.05) is 17.6 Å². The highest BCUT2D eigenvalue weighted by molar-refractivity contribution is 9.10. The van der Waals surface area contributed by atoms with Gasteiger partial charge in [0, 0.05) is 28.2 Å². The first-order valence-electron chi connectivity index (χ1n) is 6.78. The first kappa shape index (κ1) is 14.4. The quantitative estimate of drug-likeness (QED) is 0.826. The number of hydrogen-bond acceptors (Lipinski definition) is 3. The second kappa shape index (κ2) is 6.96. The van der Waals surface area contributed by atoms with Crippen molar-refractivity contribution in [2.45, 2.75) is 0 Å². The zero-order chi connectivity index (χ0) is 14.5. The van der Waals surface area contributed by atoms with E-state index in [0.29, 0.717) is 0 Å². The lowest BCUT2D eigenvalue weighted by molar-refractivity contribution is 1.18. The monoisotopic (exact) mass is 358 g/mol. The molecule has 21 heavy (non-hydrogen) atoms. The Kier molecular flexibility index (Phi) is 4.78. The normalized spacial score (nSPS) is 14.9. The number of halogens is 1. The summed E-state index contributed by atoms with van der Waals surface area (Å²) in [5.41, 5.74) is 3.30. The summed E-state index contributed by atoms with van der Waals surface area (Å²) in [4.78, 5) is 4.51. The second-order valence-electron chi connectivity index (χ2n) is 4.62. The Hall–Kier alpha value is -1.52. The fourth-order valence-corrected chi connectivity index (χ4v) is 3.10. The minimum atomic E-state index is 0.914. The van der Waals surface area contributed by atoms with Gasteiger partial charge in [0.25, 0.3) is 0 Å². The van der Waals surface area contributed by atoms with Crippen LogP contribution in [0.3, 0.4) is 0 Å². The fraction of sp³-hybridized carbons (Fsp3) is 0.118. The highest BCUT2D eigenvalue weighted by atomic mass is 79.9. The van der Waals surface area contributed by atoms with Gasteiger partial charge in [-0.15, -0.1) is 11.8 Å². The Morgan fingerprint density at radius 3 is 2.52 bits per heavy atom. The third kappa shape index (κ3) is 3.99. The van der Waals surface area contributed by atoms with Crippen LogP contribution in [0.15, 0.2) is 70.1 Å². The molecular weight excluding hydrogens is 344 g/mol. The average molecular weight is 359 g/mol. The average Bonchev–Trinajstić information content (AvgIpc) is 3.03. The summed E-state index contributed by atoms with van der Waals surface area (Å²) in [6, 6.07) is 18.5. The first-order valence-corrected chi connectivity index (χ1v) is 8.56. The van der Waals surface area contributed by atoms with E-state index in [1.807, 2.05) is 18.2 Å². The van der Waals surface area contributed by atoms with Crippen LogP contribution in [0.5, 0.6) is 0 Å². The summed E-state index contributed by atoms with van der Waals surface area (Å²) in [7, 11) is 0. The molecule has 1 N–H and O–H groups in total. The number of nitrogens with one attached hydrogen (secondary N) is 1. The molecule has 0 fully saturated rings. The lowest BCUT2D eigenvalue weighted by atomic mass is 10.1. The molecule has 106 valence electrons. The minimum absolute atomic E-state index is 0.914. The molecule has 2 nitrogen and oxygen atoms in total. The summed E-state index contributed by atoms with van der Waals surface area (Å²) >= 11 is 5.27. The standard InChI is InChI=1S/C17H15BrN2S/c18-14-6-8-15(9-7-14)20-16(12-17-19-10-11-21-17)13-4-2-1-3-5-13/h1-9,12,20H,10-11H2/b16-12-. The topological polar surface area (TPSA) is 24.4 Å². The van der Waals surface area contributed by atoms with Crippen molar-refractivity contribution in [3.8, 4) is 0 Å². The van der Waals surface area contributed by atoms with E-state index in [4.69, 9.17) is 0 Å². The molecular formula is C17H15BrN2S. The van der Waals surface area contributed by atoms with Gasteiger partial charge in [0.05, 0.1) is 5.04 Å². The molecule has 0 atom stereocenters. The molecule has 0 aromatic heterocycles. The van der Waals surface area contributed by atoms with Crippen LogP contribution in [0.4, 0.5) is 5.69 Å². The van der Waals surface area contributed by atoms with Crippen molar-refractivity contribution in [2.24, 2.45) is 4.99 Å². The number of benzene rings is 2. The third-order valence-corrected chi connectivity index (χ3v) is 4.54. The summed E-state index contributed by atoms with van der Waals surface area (Å²) in [6.07, 6.45) is 2.13. The van der Waals surface area contributed by atoms with Gasteiger partial charge in [0.15, 0.2) is 0 Å². The van der Waals surface area contributed by atoms with Crippen molar-refractivity contribution >= 4 is 44.1 Å². The van der Waals surface area contributed by atoms with E-state index in [2.05, 4.69) is 68.7 Å². The zero-order valence-corrected chi connectivity index (χ0v) is 13.8. The van der Waals surface area contributed by atoms with Crippen LogP contribution in [0.2, 0.25) is 0 Å². The van der Waals surface area contributed by atoms with Gasteiger partial charge >= 0.3 is 0 Å². The maximum Gasteiger partial charge on any atom is 0.0926 e. The molecule has 2 aromatic rings. The Bertz CT molecular complexity index is 663. The molecule has 0 spiro atoms. The van der Waals surface area contributed by atoms with Gasteiger partial charge < -0.3 is 5.32 Å². The number of hydrogen-bond donors (Lipinski definition) is 1. The largest absolute Gasteiger partial charge is 0.355 e. The molecule has 3 rings (SSSR count). The van der Waals surface area contributed by atoms with Crippen LogP contribution in [-0.4, -0.2) is 17.3 Å². The molecule has 0 aliphatic carbocycles. The predicted molar refractivity (Wildman–Crippen MR) is 96.9 cm³/mol. The van der Waals surface area contributed by atoms with Crippen molar-refractivity contribution < 1.29 is 0 Å². The van der Waals surface area contributed by atoms with E-state index in [9.17, 15) is 0 Å². The zero-order valence-electron chi connectivity index (χ0n) is 11.4. The summed E-state index contributed by atoms with van der Waals surface area (Å²) in [5.74, 6) is 1.08. The van der Waals surface area contributed by atoms with Crippen LogP contribution in [0.1, 0.15) is 5.56 Å². The van der Waals surface area contributed by atoms with E-state index in [-0.39, 0.29) is 0 Å². The molecule has 1 aliphatic heterocycles. The fourth-order valence-electron chi connectivity index (χ4n) is 2.06. The lowest BCUT2D eigenvalue weighted by Crippen LogP contribution is -2.01. The number of rotatable bonds is 4. The molecule has 2 aromatic carbocycles. The highest BCUT2D eigenvalue weighted by Crippen LogP contribution is 2.23. The first-order chi connectivity index (χ1) is 10.3. The van der Waals surface area contributed by atoms with Crippen LogP contribution in [0.25, 0.3) is 5.70 Å². The number of nitrogens with zero attached hydrogens (tertiary/aromatic N) is 1. The lowest BCUT2D eigenvalue weighted by Gasteiger charge is -2.12. The van der Waals surface area contributed by atoms with Gasteiger partial charge in [-0.05, 0) is 35.9 Å². The van der Waals surface area contributed by atoms with Crippen LogP contribution in [0, 0.1) is 0 Å². The molecule has 0 saturated heterocycles. The Morgan fingerprint density at radius 1 is 1.10 bits per heavy atom. The molecule has 0 bridgehead atoms. The summed E-state index contributed by atoms with van der Waals surface area (Å²) < 4.78 is 1.08. The van der Waals surface area contributed by atoms with Gasteiger partial charge in [-0.3, -0.25) is 4.99 Å². The number of thioether (sulfide) groups is 1. The van der Waals surface area contributed by atoms with Crippen LogP contribution < -0.4 is 5.32 Å². The molecule has 4 heteroatoms. The molecule has 0 saturated carbocycles. The van der Waals surface area contributed by atoms with Gasteiger partial charge in [-0.25, -0.2) is 0 Å². The Labute approximate surface area is 137 Å². The third-order valence-electron chi connectivity index (χ3n) is 3.08. The predicted octanol–water partition coefficient (Wildman–Crippen LogP) is 5.05. The number of aliphatic imine (C=N–C) groups is 1. The van der Waals surface area contributed by atoms with Crippen LogP contribution >= 0.6 is 27.7 Å². The van der Waals surface area contributed by atoms with E-state index >= 15 is 0 Å². The minimum Gasteiger partial charge on any atom is -0.355 e. The van der Waals surface area contributed by atoms with Crippen LogP contribution in [-0.2, 0) is 0 Å². The molecule has 0 amide bonds.